The van der Waals surface area contributed by atoms with Gasteiger partial charge in [0.25, 0.3) is 5.91 Å². The van der Waals surface area contributed by atoms with Gasteiger partial charge in [0, 0.05) is 12.7 Å². The van der Waals surface area contributed by atoms with Gasteiger partial charge >= 0.3 is 5.97 Å². The molecule has 1 N–H and O–H groups in total. The van der Waals surface area contributed by atoms with Gasteiger partial charge in [0.05, 0.1) is 16.6 Å². The molecule has 2 amide bonds. The Bertz CT molecular complexity index is 780. The second-order valence-electron chi connectivity index (χ2n) is 4.98. The molecule has 132 valence electrons. The number of nitrogens with zero attached hydrogens (tertiary/aromatic N) is 1. The monoisotopic (exact) mass is 400 g/mol. The molecule has 0 aliphatic carbocycles. The summed E-state index contributed by atoms with van der Waals surface area (Å²) < 4.78 is 4.91. The summed E-state index contributed by atoms with van der Waals surface area (Å²) in [5, 5.41) is 5.02. The Morgan fingerprint density at radius 3 is 2.60 bits per heavy atom. The van der Waals surface area contributed by atoms with Gasteiger partial charge in [-0.25, -0.2) is 4.79 Å². The van der Waals surface area contributed by atoms with Gasteiger partial charge in [-0.05, 0) is 29.6 Å². The SMILES string of the molecule is CN(CC(=O)Nc1ccc(Cl)c(Cl)c1)C(=O)COC(=O)c1cccs1. The van der Waals surface area contributed by atoms with Crippen molar-refractivity contribution < 1.29 is 19.1 Å². The summed E-state index contributed by atoms with van der Waals surface area (Å²) in [5.41, 5.74) is 0.462. The van der Waals surface area contributed by atoms with Crippen LogP contribution in [0.15, 0.2) is 35.7 Å². The van der Waals surface area contributed by atoms with Crippen molar-refractivity contribution in [1.29, 1.82) is 0 Å². The van der Waals surface area contributed by atoms with E-state index >= 15 is 0 Å². The minimum atomic E-state index is -0.572. The van der Waals surface area contributed by atoms with E-state index < -0.39 is 24.4 Å². The van der Waals surface area contributed by atoms with Crippen LogP contribution in [0.1, 0.15) is 9.67 Å². The first-order chi connectivity index (χ1) is 11.9. The maximum absolute atomic E-state index is 12.0. The molecule has 1 aromatic heterocycles. The van der Waals surface area contributed by atoms with Gasteiger partial charge in [-0.3, -0.25) is 9.59 Å². The third-order valence-electron chi connectivity index (χ3n) is 3.06. The van der Waals surface area contributed by atoms with Crippen LogP contribution in [-0.2, 0) is 14.3 Å². The van der Waals surface area contributed by atoms with E-state index in [4.69, 9.17) is 27.9 Å². The van der Waals surface area contributed by atoms with Gasteiger partial charge in [0.15, 0.2) is 6.61 Å². The maximum Gasteiger partial charge on any atom is 0.348 e. The number of benzene rings is 1. The first-order valence-electron chi connectivity index (χ1n) is 7.06. The van der Waals surface area contributed by atoms with Crippen LogP contribution in [0.2, 0.25) is 10.0 Å². The summed E-state index contributed by atoms with van der Waals surface area (Å²) in [5.74, 6) is -1.48. The van der Waals surface area contributed by atoms with E-state index in [0.717, 1.165) is 4.90 Å². The van der Waals surface area contributed by atoms with Gasteiger partial charge in [0.1, 0.15) is 4.88 Å². The van der Waals surface area contributed by atoms with Gasteiger partial charge in [-0.2, -0.15) is 0 Å². The van der Waals surface area contributed by atoms with Crippen molar-refractivity contribution in [1.82, 2.24) is 4.90 Å². The van der Waals surface area contributed by atoms with Crippen molar-refractivity contribution in [3.8, 4) is 0 Å². The van der Waals surface area contributed by atoms with E-state index in [-0.39, 0.29) is 6.54 Å². The highest BCUT2D eigenvalue weighted by molar-refractivity contribution is 7.11. The molecule has 0 aliphatic rings. The average Bonchev–Trinajstić information content (AvgIpc) is 3.10. The lowest BCUT2D eigenvalue weighted by Gasteiger charge is -2.16. The molecule has 0 atom stereocenters. The number of amides is 2. The minimum absolute atomic E-state index is 0.199. The molecule has 6 nitrogen and oxygen atoms in total. The van der Waals surface area contributed by atoms with Gasteiger partial charge in [0.2, 0.25) is 5.91 Å². The minimum Gasteiger partial charge on any atom is -0.451 e. The van der Waals surface area contributed by atoms with E-state index in [1.54, 1.807) is 29.6 Å². The van der Waals surface area contributed by atoms with Crippen LogP contribution in [0.25, 0.3) is 0 Å². The predicted octanol–water partition coefficient (Wildman–Crippen LogP) is 3.31. The van der Waals surface area contributed by atoms with Crippen molar-refractivity contribution in [2.24, 2.45) is 0 Å². The first-order valence-corrected chi connectivity index (χ1v) is 8.70. The molecule has 2 aromatic rings. The Hall–Kier alpha value is -2.09. The van der Waals surface area contributed by atoms with Gasteiger partial charge in [-0.15, -0.1) is 11.3 Å². The van der Waals surface area contributed by atoms with Crippen LogP contribution in [-0.4, -0.2) is 42.9 Å². The van der Waals surface area contributed by atoms with Crippen LogP contribution in [0.5, 0.6) is 0 Å². The summed E-state index contributed by atoms with van der Waals surface area (Å²) in [6, 6.07) is 7.97. The molecule has 1 heterocycles. The molecule has 0 radical (unpaired) electrons. The molecule has 0 bridgehead atoms. The Morgan fingerprint density at radius 1 is 1.20 bits per heavy atom. The number of hydrogen-bond acceptors (Lipinski definition) is 5. The molecule has 0 aliphatic heterocycles. The lowest BCUT2D eigenvalue weighted by Crippen LogP contribution is -2.37. The predicted molar refractivity (Wildman–Crippen MR) is 97.3 cm³/mol. The standard InChI is InChI=1S/C16H14Cl2N2O4S/c1-20(15(22)9-24-16(23)13-3-2-6-25-13)8-14(21)19-10-4-5-11(17)12(18)7-10/h2-7H,8-9H2,1H3,(H,19,21). The Labute approximate surface area is 158 Å². The van der Waals surface area contributed by atoms with Crippen molar-refractivity contribution in [3.05, 3.63) is 50.6 Å². The van der Waals surface area contributed by atoms with E-state index in [0.29, 0.717) is 20.6 Å². The Balaban J connectivity index is 1.80. The fraction of sp³-hybridized carbons (Fsp3) is 0.188. The second-order valence-corrected chi connectivity index (χ2v) is 6.74. The second kappa shape index (κ2) is 8.84. The highest BCUT2D eigenvalue weighted by Gasteiger charge is 2.16. The molecule has 0 fully saturated rings. The van der Waals surface area contributed by atoms with Crippen molar-refractivity contribution in [2.75, 3.05) is 25.5 Å². The van der Waals surface area contributed by atoms with E-state index in [1.165, 1.54) is 24.5 Å². The van der Waals surface area contributed by atoms with Crippen LogP contribution >= 0.6 is 34.5 Å². The van der Waals surface area contributed by atoms with Crippen LogP contribution in [0.4, 0.5) is 5.69 Å². The lowest BCUT2D eigenvalue weighted by molar-refractivity contribution is -0.136. The number of ether oxygens (including phenoxy) is 1. The third-order valence-corrected chi connectivity index (χ3v) is 4.65. The number of likely N-dealkylation sites (N-methyl/N-ethyl adjacent to an activating group) is 1. The maximum atomic E-state index is 12.0. The topological polar surface area (TPSA) is 75.7 Å². The summed E-state index contributed by atoms with van der Waals surface area (Å²) in [6.07, 6.45) is 0. The molecule has 25 heavy (non-hydrogen) atoms. The van der Waals surface area contributed by atoms with Crippen LogP contribution < -0.4 is 5.32 Å². The molecular weight excluding hydrogens is 387 g/mol. The van der Waals surface area contributed by atoms with E-state index in [2.05, 4.69) is 5.32 Å². The fourth-order valence-corrected chi connectivity index (χ4v) is 2.70. The number of anilines is 1. The quantitative estimate of drug-likeness (QED) is 0.754. The molecule has 0 unspecified atom stereocenters. The zero-order valence-electron chi connectivity index (χ0n) is 13.1. The van der Waals surface area contributed by atoms with Gasteiger partial charge in [-0.1, -0.05) is 29.3 Å². The van der Waals surface area contributed by atoms with E-state index in [9.17, 15) is 14.4 Å². The number of rotatable bonds is 6. The molecule has 1 aromatic carbocycles. The molecular formula is C16H14Cl2N2O4S. The first kappa shape index (κ1) is 19.2. The fourth-order valence-electron chi connectivity index (χ4n) is 1.78. The smallest absolute Gasteiger partial charge is 0.348 e. The molecule has 0 spiro atoms. The van der Waals surface area contributed by atoms with Crippen LogP contribution in [0, 0.1) is 0 Å². The molecule has 9 heteroatoms. The summed E-state index contributed by atoms with van der Waals surface area (Å²) >= 11 is 12.9. The Morgan fingerprint density at radius 2 is 1.96 bits per heavy atom. The van der Waals surface area contributed by atoms with E-state index in [1.807, 2.05) is 0 Å². The number of carbonyl (C=O) groups is 3. The lowest BCUT2D eigenvalue weighted by atomic mass is 10.3. The third kappa shape index (κ3) is 5.74. The molecule has 0 saturated heterocycles. The molecule has 2 rings (SSSR count). The number of esters is 1. The summed E-state index contributed by atoms with van der Waals surface area (Å²) in [7, 11) is 1.44. The van der Waals surface area contributed by atoms with Crippen molar-refractivity contribution >= 4 is 58.0 Å². The zero-order valence-corrected chi connectivity index (χ0v) is 15.5. The highest BCUT2D eigenvalue weighted by Crippen LogP contribution is 2.24. The summed E-state index contributed by atoms with van der Waals surface area (Å²) in [6.45, 7) is -0.636. The van der Waals surface area contributed by atoms with Crippen molar-refractivity contribution in [3.63, 3.8) is 0 Å². The number of hydrogen-bond donors (Lipinski definition) is 1. The normalized spacial score (nSPS) is 10.2. The largest absolute Gasteiger partial charge is 0.451 e. The average molecular weight is 401 g/mol. The number of halogens is 2. The van der Waals surface area contributed by atoms with Gasteiger partial charge < -0.3 is 15.0 Å². The zero-order chi connectivity index (χ0) is 18.4. The van der Waals surface area contributed by atoms with Crippen LogP contribution in [0.3, 0.4) is 0 Å². The number of thiophene rings is 1. The number of nitrogens with one attached hydrogen (secondary N) is 1. The Kier molecular flexibility index (Phi) is 6.81. The van der Waals surface area contributed by atoms with Crippen molar-refractivity contribution in [2.45, 2.75) is 0 Å². The summed E-state index contributed by atoms with van der Waals surface area (Å²) in [4.78, 5) is 37.1. The number of carbonyl (C=O) groups excluding carboxylic acids is 3. The molecule has 0 saturated carbocycles. The highest BCUT2D eigenvalue weighted by atomic mass is 35.5.